The first kappa shape index (κ1) is 29.5. The molecule has 0 fully saturated rings. The Balaban J connectivity index is 1.49. The number of hydrogen-bond donors (Lipinski definition) is 1. The van der Waals surface area contributed by atoms with Gasteiger partial charge in [0.05, 0.1) is 24.4 Å². The summed E-state index contributed by atoms with van der Waals surface area (Å²) in [6.45, 7) is 5.78. The highest BCUT2D eigenvalue weighted by Gasteiger charge is 2.36. The van der Waals surface area contributed by atoms with Crippen LogP contribution in [0.5, 0.6) is 5.75 Å². The third-order valence-electron chi connectivity index (χ3n) is 7.32. The quantitative estimate of drug-likeness (QED) is 0.236. The molecule has 0 bridgehead atoms. The van der Waals surface area contributed by atoms with Crippen molar-refractivity contribution in [3.05, 3.63) is 115 Å². The number of esters is 1. The lowest BCUT2D eigenvalue weighted by atomic mass is 10.0. The number of nitrogens with one attached hydrogen (secondary N) is 1. The highest BCUT2D eigenvalue weighted by Crippen LogP contribution is 2.35. The van der Waals surface area contributed by atoms with E-state index in [0.29, 0.717) is 35.6 Å². The van der Waals surface area contributed by atoms with Crippen LogP contribution >= 0.6 is 0 Å². The summed E-state index contributed by atoms with van der Waals surface area (Å²) < 4.78 is 54.1. The normalized spacial score (nSPS) is 12.7. The summed E-state index contributed by atoms with van der Waals surface area (Å²) in [6.07, 6.45) is -1.87. The van der Waals surface area contributed by atoms with Gasteiger partial charge < -0.3 is 19.0 Å². The Labute approximate surface area is 245 Å². The van der Waals surface area contributed by atoms with E-state index in [4.69, 9.17) is 9.47 Å². The lowest BCUT2D eigenvalue weighted by Gasteiger charge is -2.19. The average molecular weight is 588 g/mol. The molecule has 4 aromatic rings. The Bertz CT molecular complexity index is 1840. The van der Waals surface area contributed by atoms with Crippen molar-refractivity contribution >= 4 is 12.0 Å². The number of aryl methyl sites for hydroxylation is 3. The summed E-state index contributed by atoms with van der Waals surface area (Å²) in [6, 6.07) is 16.1. The van der Waals surface area contributed by atoms with Crippen LogP contribution in [0.15, 0.2) is 65.2 Å². The van der Waals surface area contributed by atoms with Gasteiger partial charge in [-0.1, -0.05) is 23.8 Å². The van der Waals surface area contributed by atoms with Crippen LogP contribution in [0.2, 0.25) is 0 Å². The van der Waals surface area contributed by atoms with Crippen molar-refractivity contribution in [3.63, 3.8) is 0 Å². The minimum atomic E-state index is -4.89. The lowest BCUT2D eigenvalue weighted by molar-refractivity contribution is -0.137. The summed E-state index contributed by atoms with van der Waals surface area (Å²) in [7, 11) is 0. The summed E-state index contributed by atoms with van der Waals surface area (Å²) >= 11 is 0. The number of rotatable bonds is 7. The standard InChI is InChI=1S/C33H28F3N3O4/c1-4-42-32(41)29-14-22-9-12-25(15-28(22)38-29)43-24-10-7-21(8-11-24)30-16-27(33(34,35)36)26(17-37)31(40)39(30)18-23-6-5-19(2)13-20(23)3/h5-8,10-11,13-16,38H,4,9,12,18H2,1-3H3. The third-order valence-corrected chi connectivity index (χ3v) is 7.32. The number of carbonyl (C=O) groups is 1. The molecule has 5 rings (SSSR count). The molecule has 220 valence electrons. The molecule has 2 aromatic carbocycles. The number of allylic oxidation sites excluding steroid dienone is 1. The van der Waals surface area contributed by atoms with E-state index in [9.17, 15) is 28.0 Å². The van der Waals surface area contributed by atoms with E-state index >= 15 is 0 Å². The van der Waals surface area contributed by atoms with Crippen LogP contribution in [-0.2, 0) is 23.9 Å². The smallest absolute Gasteiger partial charge is 0.417 e. The first-order chi connectivity index (χ1) is 20.5. The fourth-order valence-corrected chi connectivity index (χ4v) is 5.15. The molecule has 0 saturated carbocycles. The molecule has 0 unspecified atom stereocenters. The zero-order valence-electron chi connectivity index (χ0n) is 23.8. The topological polar surface area (TPSA) is 97.1 Å². The Kier molecular flexibility index (Phi) is 8.00. The van der Waals surface area contributed by atoms with Crippen LogP contribution in [0.25, 0.3) is 17.3 Å². The average Bonchev–Trinajstić information content (AvgIpc) is 3.39. The first-order valence-corrected chi connectivity index (χ1v) is 13.7. The van der Waals surface area contributed by atoms with Crippen molar-refractivity contribution in [2.75, 3.05) is 6.61 Å². The molecule has 0 saturated heterocycles. The molecular weight excluding hydrogens is 559 g/mol. The molecule has 43 heavy (non-hydrogen) atoms. The molecule has 2 heterocycles. The number of ether oxygens (including phenoxy) is 2. The second-order valence-electron chi connectivity index (χ2n) is 10.3. The summed E-state index contributed by atoms with van der Waals surface area (Å²) in [5.41, 5.74) is 1.86. The molecule has 0 aliphatic heterocycles. The van der Waals surface area contributed by atoms with E-state index in [2.05, 4.69) is 4.98 Å². The summed E-state index contributed by atoms with van der Waals surface area (Å²) in [4.78, 5) is 28.5. The number of fused-ring (bicyclic) bond motifs is 1. The number of H-pyrrole nitrogens is 1. The SMILES string of the molecule is CCOC(=O)c1cc2c([nH]1)C=C(Oc1ccc(-c3cc(C(F)(F)F)c(C#N)c(=O)n3Cc3ccc(C)cc3C)cc1)CC2. The monoisotopic (exact) mass is 587 g/mol. The minimum Gasteiger partial charge on any atom is -0.462 e. The van der Waals surface area contributed by atoms with Gasteiger partial charge in [0.25, 0.3) is 5.56 Å². The molecule has 2 aromatic heterocycles. The van der Waals surface area contributed by atoms with Gasteiger partial charge in [0, 0.05) is 18.2 Å². The zero-order valence-corrected chi connectivity index (χ0v) is 23.8. The summed E-state index contributed by atoms with van der Waals surface area (Å²) in [5, 5.41) is 9.50. The lowest BCUT2D eigenvalue weighted by Crippen LogP contribution is -2.29. The molecule has 10 heteroatoms. The van der Waals surface area contributed by atoms with E-state index in [1.54, 1.807) is 43.3 Å². The van der Waals surface area contributed by atoms with E-state index in [0.717, 1.165) is 34.0 Å². The molecule has 0 amide bonds. The van der Waals surface area contributed by atoms with E-state index < -0.39 is 28.8 Å². The van der Waals surface area contributed by atoms with Crippen LogP contribution in [0.3, 0.4) is 0 Å². The second-order valence-corrected chi connectivity index (χ2v) is 10.3. The fraction of sp³-hybridized carbons (Fsp3) is 0.242. The number of benzene rings is 2. The van der Waals surface area contributed by atoms with Gasteiger partial charge in [-0.2, -0.15) is 18.4 Å². The molecule has 1 aliphatic carbocycles. The second kappa shape index (κ2) is 11.7. The number of alkyl halides is 3. The molecular formula is C33H28F3N3O4. The predicted octanol–water partition coefficient (Wildman–Crippen LogP) is 6.94. The van der Waals surface area contributed by atoms with E-state index in [1.807, 2.05) is 32.0 Å². The maximum absolute atomic E-state index is 13.9. The maximum atomic E-state index is 13.9. The van der Waals surface area contributed by atoms with Gasteiger partial charge in [-0.05, 0) is 85.8 Å². The van der Waals surface area contributed by atoms with E-state index in [1.165, 1.54) is 10.6 Å². The minimum absolute atomic E-state index is 0.00942. The Morgan fingerprint density at radius 1 is 1.07 bits per heavy atom. The number of aromatic amines is 1. The largest absolute Gasteiger partial charge is 0.462 e. The van der Waals surface area contributed by atoms with Crippen LogP contribution in [0.4, 0.5) is 13.2 Å². The van der Waals surface area contributed by atoms with Crippen molar-refractivity contribution in [2.24, 2.45) is 0 Å². The van der Waals surface area contributed by atoms with Gasteiger partial charge in [0.1, 0.15) is 28.8 Å². The number of hydrogen-bond acceptors (Lipinski definition) is 5. The number of nitrogens with zero attached hydrogens (tertiary/aromatic N) is 2. The Morgan fingerprint density at radius 3 is 2.47 bits per heavy atom. The number of pyridine rings is 1. The third kappa shape index (κ3) is 6.11. The van der Waals surface area contributed by atoms with Crippen molar-refractivity contribution in [1.82, 2.24) is 9.55 Å². The molecule has 0 radical (unpaired) electrons. The Morgan fingerprint density at radius 2 is 1.81 bits per heavy atom. The van der Waals surface area contributed by atoms with Crippen molar-refractivity contribution < 1.29 is 27.4 Å². The number of halogens is 3. The molecule has 0 atom stereocenters. The first-order valence-electron chi connectivity index (χ1n) is 13.7. The van der Waals surface area contributed by atoms with Crippen molar-refractivity contribution in [3.8, 4) is 23.1 Å². The zero-order chi connectivity index (χ0) is 30.9. The van der Waals surface area contributed by atoms with Crippen LogP contribution < -0.4 is 10.3 Å². The molecule has 7 nitrogen and oxygen atoms in total. The Hall–Kier alpha value is -5.04. The molecule has 0 spiro atoms. The van der Waals surface area contributed by atoms with Gasteiger partial charge in [0.15, 0.2) is 0 Å². The van der Waals surface area contributed by atoms with Crippen LogP contribution in [0.1, 0.15) is 62.9 Å². The van der Waals surface area contributed by atoms with Gasteiger partial charge in [-0.25, -0.2) is 4.79 Å². The number of aromatic nitrogens is 2. The van der Waals surface area contributed by atoms with Gasteiger partial charge in [-0.15, -0.1) is 0 Å². The van der Waals surface area contributed by atoms with Crippen molar-refractivity contribution in [1.29, 1.82) is 5.26 Å². The highest BCUT2D eigenvalue weighted by molar-refractivity contribution is 5.88. The predicted molar refractivity (Wildman–Crippen MR) is 155 cm³/mol. The van der Waals surface area contributed by atoms with Crippen LogP contribution in [0, 0.1) is 25.2 Å². The number of nitriles is 1. The fourth-order valence-electron chi connectivity index (χ4n) is 5.15. The van der Waals surface area contributed by atoms with Crippen LogP contribution in [-0.4, -0.2) is 22.1 Å². The van der Waals surface area contributed by atoms with Gasteiger partial charge in [-0.3, -0.25) is 4.79 Å². The highest BCUT2D eigenvalue weighted by atomic mass is 19.4. The van der Waals surface area contributed by atoms with E-state index in [-0.39, 0.29) is 18.8 Å². The summed E-state index contributed by atoms with van der Waals surface area (Å²) in [5.74, 6) is 0.654. The molecule has 1 N–H and O–H groups in total. The number of carbonyl (C=O) groups excluding carboxylic acids is 1. The molecule has 1 aliphatic rings. The van der Waals surface area contributed by atoms with Crippen molar-refractivity contribution in [2.45, 2.75) is 46.3 Å². The van der Waals surface area contributed by atoms with Gasteiger partial charge >= 0.3 is 12.1 Å². The maximum Gasteiger partial charge on any atom is 0.417 e. The van der Waals surface area contributed by atoms with Gasteiger partial charge in [0.2, 0.25) is 0 Å².